The third-order valence-corrected chi connectivity index (χ3v) is 7.49. The molecule has 1 unspecified atom stereocenters. The van der Waals surface area contributed by atoms with Crippen molar-refractivity contribution in [1.82, 2.24) is 24.6 Å². The lowest BCUT2D eigenvalue weighted by atomic mass is 9.97. The second-order valence-electron chi connectivity index (χ2n) is 9.26. The van der Waals surface area contributed by atoms with Crippen molar-refractivity contribution in [1.29, 1.82) is 0 Å². The molecule has 40 heavy (non-hydrogen) atoms. The maximum Gasteiger partial charge on any atom is 0.459 e. The second kappa shape index (κ2) is 11.4. The van der Waals surface area contributed by atoms with Crippen molar-refractivity contribution in [2.75, 3.05) is 12.3 Å². The van der Waals surface area contributed by atoms with E-state index < -0.39 is 62.1 Å². The molecule has 214 valence electrons. The Kier molecular flexibility index (Phi) is 8.31. The maximum absolute atomic E-state index is 13.8. The predicted molar refractivity (Wildman–Crippen MR) is 141 cm³/mol. The highest BCUT2D eigenvalue weighted by molar-refractivity contribution is 7.52. The summed E-state index contributed by atoms with van der Waals surface area (Å²) < 4.78 is 37.2. The maximum atomic E-state index is 13.8. The monoisotopic (exact) mass is 576 g/mol. The van der Waals surface area contributed by atoms with Crippen LogP contribution in [0.1, 0.15) is 27.0 Å². The average molecular weight is 577 g/mol. The number of aliphatic hydroxyl groups is 2. The molecule has 0 bridgehead atoms. The average Bonchev–Trinajstić information content (AvgIpc) is 3.42. The number of benzene rings is 1. The standard InChI is InChI=1S/C24H29N6O9P/c1-5-24(18(32)17(31)21(38-24)30-12-26-16-19(30)27-23(25)28-20(16)33)11-36-40(35,39-15-9-7-6-8-10-15)29-14(4)22(34)37-13(2)3/h1,6-10,12-14,17-18,21,31-32H,11H2,2-4H3,(H,29,35)(H3,25,27,28,33)/t14-,17?,18+,21+,24+,40-/m0/s1. The van der Waals surface area contributed by atoms with Crippen molar-refractivity contribution in [3.8, 4) is 18.1 Å². The molecule has 15 nitrogen and oxygen atoms in total. The summed E-state index contributed by atoms with van der Waals surface area (Å²) in [5.74, 6) is 1.47. The van der Waals surface area contributed by atoms with Gasteiger partial charge in [0.25, 0.3) is 5.56 Å². The van der Waals surface area contributed by atoms with Crippen LogP contribution in [-0.2, 0) is 23.4 Å². The predicted octanol–water partition coefficient (Wildman–Crippen LogP) is 0.458. The molecule has 6 N–H and O–H groups in total. The highest BCUT2D eigenvalue weighted by Crippen LogP contribution is 2.48. The van der Waals surface area contributed by atoms with Gasteiger partial charge in [0, 0.05) is 0 Å². The summed E-state index contributed by atoms with van der Waals surface area (Å²) in [4.78, 5) is 34.9. The fourth-order valence-corrected chi connectivity index (χ4v) is 5.45. The Morgan fingerprint density at radius 3 is 2.70 bits per heavy atom. The number of hydrogen-bond acceptors (Lipinski definition) is 12. The lowest BCUT2D eigenvalue weighted by Crippen LogP contribution is -2.46. The van der Waals surface area contributed by atoms with Gasteiger partial charge in [-0.25, -0.2) is 9.55 Å². The zero-order chi connectivity index (χ0) is 29.2. The molecule has 0 saturated carbocycles. The second-order valence-corrected chi connectivity index (χ2v) is 11.0. The molecule has 4 rings (SSSR count). The summed E-state index contributed by atoms with van der Waals surface area (Å²) in [6, 6.07) is 6.85. The van der Waals surface area contributed by atoms with Crippen LogP contribution >= 0.6 is 7.75 Å². The summed E-state index contributed by atoms with van der Waals surface area (Å²) in [5.41, 5.74) is 2.82. The molecule has 3 aromatic rings. The number of aliphatic hydroxyl groups excluding tert-OH is 2. The molecule has 0 aliphatic carbocycles. The van der Waals surface area contributed by atoms with Crippen molar-refractivity contribution in [3.63, 3.8) is 0 Å². The van der Waals surface area contributed by atoms with Gasteiger partial charge in [-0.05, 0) is 32.9 Å². The van der Waals surface area contributed by atoms with Gasteiger partial charge in [-0.2, -0.15) is 10.1 Å². The van der Waals surface area contributed by atoms with Crippen molar-refractivity contribution in [3.05, 3.63) is 47.0 Å². The van der Waals surface area contributed by atoms with E-state index in [0.29, 0.717) is 0 Å². The number of nitrogen functional groups attached to an aromatic ring is 1. The molecule has 1 saturated heterocycles. The van der Waals surface area contributed by atoms with E-state index in [-0.39, 0.29) is 22.9 Å². The number of carbonyl (C=O) groups is 1. The SMILES string of the molecule is C#C[C@]1(CO[P@@](=O)(N[C@@H](C)C(=O)OC(C)C)Oc2ccccc2)O[C@@H](n2cnc3c(=O)[nH]c(N)nc32)C(O)[C@H]1O. The molecular formula is C24H29N6O9P. The molecule has 0 spiro atoms. The zero-order valence-corrected chi connectivity index (χ0v) is 22.6. The summed E-state index contributed by atoms with van der Waals surface area (Å²) in [5, 5.41) is 24.3. The Hall–Kier alpha value is -3.77. The third-order valence-electron chi connectivity index (χ3n) is 5.87. The highest BCUT2D eigenvalue weighted by atomic mass is 31.2. The van der Waals surface area contributed by atoms with Crippen LogP contribution in [0.25, 0.3) is 11.2 Å². The summed E-state index contributed by atoms with van der Waals surface area (Å²) in [6.07, 6.45) is 1.62. The van der Waals surface area contributed by atoms with E-state index in [0.717, 1.165) is 6.33 Å². The molecule has 1 aromatic carbocycles. The molecule has 1 aliphatic rings. The van der Waals surface area contributed by atoms with Crippen LogP contribution in [-0.4, -0.2) is 72.3 Å². The smallest absolute Gasteiger partial charge is 0.459 e. The van der Waals surface area contributed by atoms with Gasteiger partial charge < -0.3 is 29.9 Å². The fraction of sp³-hybridized carbons (Fsp3) is 0.417. The van der Waals surface area contributed by atoms with Crippen molar-refractivity contribution in [2.24, 2.45) is 0 Å². The van der Waals surface area contributed by atoms with Gasteiger partial charge >= 0.3 is 13.7 Å². The van der Waals surface area contributed by atoms with Crippen LogP contribution in [0.2, 0.25) is 0 Å². The summed E-state index contributed by atoms with van der Waals surface area (Å²) in [7, 11) is -4.39. The molecule has 16 heteroatoms. The van der Waals surface area contributed by atoms with Crippen LogP contribution < -0.4 is 20.9 Å². The van der Waals surface area contributed by atoms with Gasteiger partial charge in [-0.3, -0.25) is 23.7 Å². The fourth-order valence-electron chi connectivity index (χ4n) is 3.93. The van der Waals surface area contributed by atoms with E-state index in [1.165, 1.54) is 23.6 Å². The third kappa shape index (κ3) is 5.87. The van der Waals surface area contributed by atoms with E-state index in [1.54, 1.807) is 32.0 Å². The van der Waals surface area contributed by atoms with Crippen LogP contribution in [0.4, 0.5) is 5.95 Å². The Bertz CT molecular complexity index is 1520. The number of aromatic amines is 1. The molecule has 1 fully saturated rings. The first-order chi connectivity index (χ1) is 18.9. The summed E-state index contributed by atoms with van der Waals surface area (Å²) in [6.45, 7) is 3.95. The van der Waals surface area contributed by atoms with Gasteiger partial charge in [-0.1, -0.05) is 24.1 Å². The zero-order valence-electron chi connectivity index (χ0n) is 21.8. The largest absolute Gasteiger partial charge is 0.462 e. The van der Waals surface area contributed by atoms with Crippen LogP contribution in [0.3, 0.4) is 0 Å². The van der Waals surface area contributed by atoms with E-state index in [2.05, 4.69) is 26.0 Å². The molecule has 6 atom stereocenters. The van der Waals surface area contributed by atoms with E-state index in [1.807, 2.05) is 0 Å². The number of ether oxygens (including phenoxy) is 2. The number of rotatable bonds is 10. The molecule has 0 radical (unpaired) electrons. The Morgan fingerprint density at radius 2 is 2.05 bits per heavy atom. The Balaban J connectivity index is 1.61. The minimum absolute atomic E-state index is 0.0384. The number of anilines is 1. The summed E-state index contributed by atoms with van der Waals surface area (Å²) >= 11 is 0. The highest BCUT2D eigenvalue weighted by Gasteiger charge is 2.56. The quantitative estimate of drug-likeness (QED) is 0.126. The number of hydrogen-bond donors (Lipinski definition) is 5. The van der Waals surface area contributed by atoms with Crippen molar-refractivity contribution in [2.45, 2.75) is 57.0 Å². The first-order valence-electron chi connectivity index (χ1n) is 12.1. The molecule has 0 amide bonds. The van der Waals surface area contributed by atoms with Gasteiger partial charge in [0.05, 0.1) is 12.4 Å². The van der Waals surface area contributed by atoms with E-state index in [4.69, 9.17) is 30.7 Å². The number of fused-ring (bicyclic) bond motifs is 1. The van der Waals surface area contributed by atoms with Crippen molar-refractivity contribution >= 4 is 30.8 Å². The number of aromatic nitrogens is 4. The lowest BCUT2D eigenvalue weighted by Gasteiger charge is -2.29. The minimum Gasteiger partial charge on any atom is -0.462 e. The van der Waals surface area contributed by atoms with Gasteiger partial charge in [0.1, 0.15) is 30.6 Å². The first kappa shape index (κ1) is 29.2. The minimum atomic E-state index is -4.39. The van der Waals surface area contributed by atoms with Crippen LogP contribution in [0, 0.1) is 12.3 Å². The van der Waals surface area contributed by atoms with Crippen molar-refractivity contribution < 1.29 is 38.1 Å². The van der Waals surface area contributed by atoms with Gasteiger partial charge in [0.2, 0.25) is 5.95 Å². The number of imidazole rings is 1. The number of carbonyl (C=O) groups excluding carboxylic acids is 1. The lowest BCUT2D eigenvalue weighted by molar-refractivity contribution is -0.149. The Morgan fingerprint density at radius 1 is 1.35 bits per heavy atom. The number of esters is 1. The number of nitrogens with two attached hydrogens (primary N) is 1. The van der Waals surface area contributed by atoms with Crippen LogP contribution in [0.5, 0.6) is 5.75 Å². The number of terminal acetylenes is 1. The number of para-hydroxylation sites is 1. The van der Waals surface area contributed by atoms with Gasteiger partial charge in [0.15, 0.2) is 23.0 Å². The van der Waals surface area contributed by atoms with Gasteiger partial charge in [-0.15, -0.1) is 6.42 Å². The molecule has 3 heterocycles. The molecule has 2 aromatic heterocycles. The van der Waals surface area contributed by atoms with E-state index in [9.17, 15) is 24.4 Å². The number of nitrogens with one attached hydrogen (secondary N) is 2. The molecular weight excluding hydrogens is 547 g/mol. The Labute approximate surface area is 228 Å². The van der Waals surface area contributed by atoms with Crippen LogP contribution in [0.15, 0.2) is 41.5 Å². The number of nitrogens with zero attached hydrogens (tertiary/aromatic N) is 3. The van der Waals surface area contributed by atoms with E-state index >= 15 is 0 Å². The normalized spacial score (nSPS) is 24.9. The number of H-pyrrole nitrogens is 1. The molecule has 1 aliphatic heterocycles. The first-order valence-corrected chi connectivity index (χ1v) is 13.6. The topological polar surface area (TPSA) is 213 Å².